The summed E-state index contributed by atoms with van der Waals surface area (Å²) >= 11 is 1.72. The number of nitrogen functional groups attached to an aromatic ring is 2. The van der Waals surface area contributed by atoms with Crippen LogP contribution >= 0.6 is 11.3 Å². The summed E-state index contributed by atoms with van der Waals surface area (Å²) in [5.74, 6) is 1.37. The van der Waals surface area contributed by atoms with Crippen LogP contribution in [0.1, 0.15) is 18.7 Å². The maximum atomic E-state index is 5.72. The SMILES string of the molecule is CC(C)N(Cc1cccs1)c1cc(N)nc(N)n1. The zero-order chi connectivity index (χ0) is 13.1. The van der Waals surface area contributed by atoms with Crippen molar-refractivity contribution in [2.24, 2.45) is 0 Å². The van der Waals surface area contributed by atoms with Crippen LogP contribution in [0.15, 0.2) is 23.6 Å². The Labute approximate surface area is 110 Å². The van der Waals surface area contributed by atoms with Gasteiger partial charge in [-0.05, 0) is 25.3 Å². The van der Waals surface area contributed by atoms with Gasteiger partial charge in [-0.15, -0.1) is 11.3 Å². The lowest BCUT2D eigenvalue weighted by Gasteiger charge is -2.27. The molecule has 0 amide bonds. The molecule has 0 spiro atoms. The van der Waals surface area contributed by atoms with Crippen LogP contribution in [0.25, 0.3) is 0 Å². The number of hydrogen-bond donors (Lipinski definition) is 2. The molecule has 5 nitrogen and oxygen atoms in total. The standard InChI is InChI=1S/C12H17N5S/c1-8(2)17(7-9-4-3-5-18-9)11-6-10(13)15-12(14)16-11/h3-6,8H,7H2,1-2H3,(H4,13,14,15,16). The highest BCUT2D eigenvalue weighted by atomic mass is 32.1. The summed E-state index contributed by atoms with van der Waals surface area (Å²) in [6, 6.07) is 6.21. The van der Waals surface area contributed by atoms with Crippen molar-refractivity contribution in [3.05, 3.63) is 28.5 Å². The molecule has 0 aliphatic heterocycles. The minimum atomic E-state index is 0.210. The van der Waals surface area contributed by atoms with Gasteiger partial charge in [-0.25, -0.2) is 0 Å². The van der Waals surface area contributed by atoms with E-state index >= 15 is 0 Å². The van der Waals surface area contributed by atoms with Gasteiger partial charge < -0.3 is 16.4 Å². The highest BCUT2D eigenvalue weighted by molar-refractivity contribution is 7.09. The topological polar surface area (TPSA) is 81.1 Å². The van der Waals surface area contributed by atoms with Gasteiger partial charge in [0.1, 0.15) is 11.6 Å². The molecule has 0 aliphatic rings. The Morgan fingerprint density at radius 2 is 2.11 bits per heavy atom. The van der Waals surface area contributed by atoms with E-state index in [-0.39, 0.29) is 5.95 Å². The Hall–Kier alpha value is -1.82. The number of anilines is 3. The molecule has 4 N–H and O–H groups in total. The lowest BCUT2D eigenvalue weighted by Crippen LogP contribution is -2.31. The van der Waals surface area contributed by atoms with E-state index in [0.29, 0.717) is 11.9 Å². The van der Waals surface area contributed by atoms with Gasteiger partial charge in [-0.3, -0.25) is 0 Å². The van der Waals surface area contributed by atoms with Crippen LogP contribution in [0.4, 0.5) is 17.6 Å². The first kappa shape index (κ1) is 12.6. The molecule has 0 fully saturated rings. The molecule has 0 aromatic carbocycles. The lowest BCUT2D eigenvalue weighted by atomic mass is 10.3. The maximum absolute atomic E-state index is 5.72. The van der Waals surface area contributed by atoms with Gasteiger partial charge in [0.2, 0.25) is 5.95 Å². The first-order valence-corrected chi connectivity index (χ1v) is 6.63. The molecular weight excluding hydrogens is 246 g/mol. The zero-order valence-corrected chi connectivity index (χ0v) is 11.3. The van der Waals surface area contributed by atoms with Crippen molar-refractivity contribution in [2.75, 3.05) is 16.4 Å². The molecule has 96 valence electrons. The molecule has 0 radical (unpaired) electrons. The summed E-state index contributed by atoms with van der Waals surface area (Å²) in [6.07, 6.45) is 0. The van der Waals surface area contributed by atoms with Crippen LogP contribution in [0, 0.1) is 0 Å². The van der Waals surface area contributed by atoms with Gasteiger partial charge in [-0.2, -0.15) is 9.97 Å². The number of nitrogens with two attached hydrogens (primary N) is 2. The third-order valence-corrected chi connectivity index (χ3v) is 3.43. The second-order valence-electron chi connectivity index (χ2n) is 4.31. The number of nitrogens with zero attached hydrogens (tertiary/aromatic N) is 3. The molecule has 0 unspecified atom stereocenters. The Bertz CT molecular complexity index is 489. The molecule has 0 bridgehead atoms. The first-order valence-electron chi connectivity index (χ1n) is 5.75. The van der Waals surface area contributed by atoms with Gasteiger partial charge in [-0.1, -0.05) is 6.07 Å². The second-order valence-corrected chi connectivity index (χ2v) is 5.34. The molecule has 18 heavy (non-hydrogen) atoms. The van der Waals surface area contributed by atoms with E-state index in [9.17, 15) is 0 Å². The molecule has 2 heterocycles. The van der Waals surface area contributed by atoms with Crippen LogP contribution in [0.2, 0.25) is 0 Å². The van der Waals surface area contributed by atoms with Gasteiger partial charge in [0, 0.05) is 17.0 Å². The summed E-state index contributed by atoms with van der Waals surface area (Å²) in [5.41, 5.74) is 11.4. The second kappa shape index (κ2) is 5.22. The molecule has 0 atom stereocenters. The van der Waals surface area contributed by atoms with Crippen molar-refractivity contribution in [3.8, 4) is 0 Å². The lowest BCUT2D eigenvalue weighted by molar-refractivity contribution is 0.677. The van der Waals surface area contributed by atoms with Crippen LogP contribution in [0.5, 0.6) is 0 Å². The highest BCUT2D eigenvalue weighted by Crippen LogP contribution is 2.22. The summed E-state index contributed by atoms with van der Waals surface area (Å²) in [4.78, 5) is 11.6. The number of hydrogen-bond acceptors (Lipinski definition) is 6. The molecule has 0 aliphatic carbocycles. The normalized spacial score (nSPS) is 10.8. The number of rotatable bonds is 4. The summed E-state index contributed by atoms with van der Waals surface area (Å²) in [5, 5.41) is 2.07. The van der Waals surface area contributed by atoms with Crippen LogP contribution < -0.4 is 16.4 Å². The number of aromatic nitrogens is 2. The third kappa shape index (κ3) is 2.89. The fourth-order valence-electron chi connectivity index (χ4n) is 1.72. The van der Waals surface area contributed by atoms with E-state index in [1.54, 1.807) is 17.4 Å². The van der Waals surface area contributed by atoms with E-state index in [1.807, 2.05) is 6.07 Å². The quantitative estimate of drug-likeness (QED) is 0.883. The highest BCUT2D eigenvalue weighted by Gasteiger charge is 2.14. The molecule has 2 aromatic heterocycles. The van der Waals surface area contributed by atoms with Crippen molar-refractivity contribution in [3.63, 3.8) is 0 Å². The Morgan fingerprint density at radius 3 is 2.67 bits per heavy atom. The Morgan fingerprint density at radius 1 is 1.33 bits per heavy atom. The Balaban J connectivity index is 2.29. The molecule has 0 saturated carbocycles. The molecule has 6 heteroatoms. The fourth-order valence-corrected chi connectivity index (χ4v) is 2.42. The van der Waals surface area contributed by atoms with Gasteiger partial charge >= 0.3 is 0 Å². The average Bonchev–Trinajstić information content (AvgIpc) is 2.76. The van der Waals surface area contributed by atoms with Crippen LogP contribution in [-0.2, 0) is 6.54 Å². The molecule has 2 aromatic rings. The van der Waals surface area contributed by atoms with E-state index < -0.39 is 0 Å². The maximum Gasteiger partial charge on any atom is 0.223 e. The summed E-state index contributed by atoms with van der Waals surface area (Å²) < 4.78 is 0. The predicted octanol–water partition coefficient (Wildman–Crippen LogP) is 2.12. The first-order chi connectivity index (χ1) is 8.56. The fraction of sp³-hybridized carbons (Fsp3) is 0.333. The smallest absolute Gasteiger partial charge is 0.223 e. The van der Waals surface area contributed by atoms with E-state index in [0.717, 1.165) is 12.4 Å². The van der Waals surface area contributed by atoms with Crippen molar-refractivity contribution in [1.29, 1.82) is 0 Å². The van der Waals surface area contributed by atoms with E-state index in [4.69, 9.17) is 11.5 Å². The zero-order valence-electron chi connectivity index (χ0n) is 10.5. The molecule has 2 rings (SSSR count). The van der Waals surface area contributed by atoms with Crippen molar-refractivity contribution in [2.45, 2.75) is 26.4 Å². The van der Waals surface area contributed by atoms with Gasteiger partial charge in [0.25, 0.3) is 0 Å². The summed E-state index contributed by atoms with van der Waals surface area (Å²) in [6.45, 7) is 5.02. The van der Waals surface area contributed by atoms with Crippen molar-refractivity contribution >= 4 is 28.9 Å². The van der Waals surface area contributed by atoms with Crippen LogP contribution in [-0.4, -0.2) is 16.0 Å². The van der Waals surface area contributed by atoms with Gasteiger partial charge in [0.15, 0.2) is 0 Å². The minimum Gasteiger partial charge on any atom is -0.383 e. The van der Waals surface area contributed by atoms with Crippen molar-refractivity contribution in [1.82, 2.24) is 9.97 Å². The average molecular weight is 263 g/mol. The largest absolute Gasteiger partial charge is 0.383 e. The monoisotopic (exact) mass is 263 g/mol. The minimum absolute atomic E-state index is 0.210. The predicted molar refractivity (Wildman–Crippen MR) is 76.5 cm³/mol. The Kier molecular flexibility index (Phi) is 3.66. The van der Waals surface area contributed by atoms with E-state index in [2.05, 4.69) is 40.2 Å². The van der Waals surface area contributed by atoms with Gasteiger partial charge in [0.05, 0.1) is 6.54 Å². The molecule has 0 saturated heterocycles. The van der Waals surface area contributed by atoms with Crippen LogP contribution in [0.3, 0.4) is 0 Å². The summed E-state index contributed by atoms with van der Waals surface area (Å²) in [7, 11) is 0. The van der Waals surface area contributed by atoms with E-state index in [1.165, 1.54) is 4.88 Å². The van der Waals surface area contributed by atoms with Crippen molar-refractivity contribution < 1.29 is 0 Å². The molecular formula is C12H17N5S. The number of thiophene rings is 1. The third-order valence-electron chi connectivity index (χ3n) is 2.57.